The van der Waals surface area contributed by atoms with Crippen LogP contribution < -0.4 is 16.0 Å². The summed E-state index contributed by atoms with van der Waals surface area (Å²) in [6.45, 7) is 2.32. The van der Waals surface area contributed by atoms with E-state index >= 15 is 0 Å². The number of anilines is 1. The van der Waals surface area contributed by atoms with Gasteiger partial charge in [0.1, 0.15) is 0 Å². The Balaban J connectivity index is 2.13. The first-order valence-corrected chi connectivity index (χ1v) is 7.40. The van der Waals surface area contributed by atoms with Crippen molar-refractivity contribution < 1.29 is 4.79 Å². The number of nitrogens with two attached hydrogens (primary N) is 1. The largest absolute Gasteiger partial charge is 0.371 e. The Kier molecular flexibility index (Phi) is 4.82. The van der Waals surface area contributed by atoms with Crippen molar-refractivity contribution in [1.82, 2.24) is 5.32 Å². The molecule has 1 atom stereocenters. The normalized spacial score (nSPS) is 19.3. The van der Waals surface area contributed by atoms with E-state index in [0.717, 1.165) is 41.7 Å². The van der Waals surface area contributed by atoms with Crippen molar-refractivity contribution >= 4 is 27.5 Å². The monoisotopic (exact) mass is 325 g/mol. The lowest BCUT2D eigenvalue weighted by molar-refractivity contribution is -0.124. The molecule has 1 saturated heterocycles. The molecule has 3 N–H and O–H groups in total. The summed E-state index contributed by atoms with van der Waals surface area (Å²) in [5.74, 6) is 0.231. The zero-order chi connectivity index (χ0) is 13.8. The number of hydrogen-bond donors (Lipinski definition) is 2. The minimum absolute atomic E-state index is 0.0895. The smallest absolute Gasteiger partial charge is 0.224 e. The van der Waals surface area contributed by atoms with Gasteiger partial charge in [0.05, 0.1) is 5.92 Å². The van der Waals surface area contributed by atoms with Crippen molar-refractivity contribution in [3.05, 3.63) is 28.2 Å². The Morgan fingerprint density at radius 1 is 1.58 bits per heavy atom. The van der Waals surface area contributed by atoms with Gasteiger partial charge < -0.3 is 16.0 Å². The van der Waals surface area contributed by atoms with Crippen LogP contribution in [0.15, 0.2) is 22.7 Å². The highest BCUT2D eigenvalue weighted by Gasteiger charge is 2.25. The van der Waals surface area contributed by atoms with E-state index in [0.29, 0.717) is 6.54 Å². The highest BCUT2D eigenvalue weighted by molar-refractivity contribution is 9.10. The lowest BCUT2D eigenvalue weighted by Crippen LogP contribution is -2.42. The number of rotatable bonds is 3. The third kappa shape index (κ3) is 3.28. The predicted molar refractivity (Wildman–Crippen MR) is 81.0 cm³/mol. The van der Waals surface area contributed by atoms with Gasteiger partial charge in [-0.15, -0.1) is 0 Å². The number of carbonyl (C=O) groups is 1. The van der Waals surface area contributed by atoms with Gasteiger partial charge in [-0.3, -0.25) is 4.79 Å². The van der Waals surface area contributed by atoms with Gasteiger partial charge in [0.25, 0.3) is 0 Å². The molecule has 0 bridgehead atoms. The number of nitrogens with zero attached hydrogens (tertiary/aromatic N) is 1. The molecule has 0 aromatic heterocycles. The topological polar surface area (TPSA) is 58.4 Å². The van der Waals surface area contributed by atoms with Gasteiger partial charge in [0.15, 0.2) is 0 Å². The van der Waals surface area contributed by atoms with Crippen molar-refractivity contribution in [2.75, 3.05) is 25.0 Å². The van der Waals surface area contributed by atoms with Crippen molar-refractivity contribution in [2.24, 2.45) is 11.7 Å². The first-order valence-electron chi connectivity index (χ1n) is 6.60. The standard InChI is InChI=1S/C14H20BrN3O/c1-17-14(19)11-3-2-6-18(9-11)12-5-4-10(8-16)13(15)7-12/h4-5,7,11H,2-3,6,8-9,16H2,1H3,(H,17,19). The summed E-state index contributed by atoms with van der Waals surface area (Å²) in [5.41, 5.74) is 7.91. The number of piperidine rings is 1. The summed E-state index contributed by atoms with van der Waals surface area (Å²) in [4.78, 5) is 14.0. The van der Waals surface area contributed by atoms with Gasteiger partial charge >= 0.3 is 0 Å². The molecule has 4 nitrogen and oxygen atoms in total. The Morgan fingerprint density at radius 3 is 3.00 bits per heavy atom. The molecule has 0 radical (unpaired) electrons. The maximum atomic E-state index is 11.7. The Morgan fingerprint density at radius 2 is 2.37 bits per heavy atom. The minimum atomic E-state index is 0.0895. The predicted octanol–water partition coefficient (Wildman–Crippen LogP) is 1.87. The molecule has 2 rings (SSSR count). The summed E-state index contributed by atoms with van der Waals surface area (Å²) >= 11 is 3.55. The molecule has 0 spiro atoms. The zero-order valence-electron chi connectivity index (χ0n) is 11.2. The van der Waals surface area contributed by atoms with Crippen LogP contribution in [0, 0.1) is 5.92 Å². The number of nitrogens with one attached hydrogen (secondary N) is 1. The van der Waals surface area contributed by atoms with E-state index in [-0.39, 0.29) is 11.8 Å². The fourth-order valence-electron chi connectivity index (χ4n) is 2.53. The summed E-state index contributed by atoms with van der Waals surface area (Å²) in [5, 5.41) is 2.74. The van der Waals surface area contributed by atoms with Crippen LogP contribution in [0.4, 0.5) is 5.69 Å². The SMILES string of the molecule is CNC(=O)C1CCCN(c2ccc(CN)c(Br)c2)C1. The first kappa shape index (κ1) is 14.3. The van der Waals surface area contributed by atoms with Crippen LogP contribution in [0.25, 0.3) is 0 Å². The highest BCUT2D eigenvalue weighted by Crippen LogP contribution is 2.27. The van der Waals surface area contributed by atoms with Gasteiger partial charge in [0.2, 0.25) is 5.91 Å². The van der Waals surface area contributed by atoms with Crippen LogP contribution in [0.5, 0.6) is 0 Å². The highest BCUT2D eigenvalue weighted by atomic mass is 79.9. The fourth-order valence-corrected chi connectivity index (χ4v) is 3.06. The maximum Gasteiger partial charge on any atom is 0.224 e. The van der Waals surface area contributed by atoms with Gasteiger partial charge in [-0.25, -0.2) is 0 Å². The van der Waals surface area contributed by atoms with E-state index in [9.17, 15) is 4.79 Å². The van der Waals surface area contributed by atoms with Gasteiger partial charge in [0, 0.05) is 36.8 Å². The average Bonchev–Trinajstić information content (AvgIpc) is 2.46. The van der Waals surface area contributed by atoms with E-state index < -0.39 is 0 Å². The maximum absolute atomic E-state index is 11.7. The van der Waals surface area contributed by atoms with Crippen LogP contribution in [0.2, 0.25) is 0 Å². The third-order valence-electron chi connectivity index (χ3n) is 3.66. The summed E-state index contributed by atoms with van der Waals surface area (Å²) in [7, 11) is 1.70. The minimum Gasteiger partial charge on any atom is -0.371 e. The van der Waals surface area contributed by atoms with Crippen LogP contribution >= 0.6 is 15.9 Å². The third-order valence-corrected chi connectivity index (χ3v) is 4.40. The molecule has 19 heavy (non-hydrogen) atoms. The van der Waals surface area contributed by atoms with Crippen LogP contribution in [0.3, 0.4) is 0 Å². The van der Waals surface area contributed by atoms with Gasteiger partial charge in [-0.05, 0) is 30.5 Å². The summed E-state index contributed by atoms with van der Waals surface area (Å²) in [6.07, 6.45) is 2.02. The Hall–Kier alpha value is -1.07. The van der Waals surface area contributed by atoms with E-state index in [4.69, 9.17) is 5.73 Å². The number of carbonyl (C=O) groups excluding carboxylic acids is 1. The lowest BCUT2D eigenvalue weighted by atomic mass is 9.96. The van der Waals surface area contributed by atoms with Gasteiger partial charge in [-0.1, -0.05) is 22.0 Å². The van der Waals surface area contributed by atoms with E-state index in [1.807, 2.05) is 6.07 Å². The lowest BCUT2D eigenvalue weighted by Gasteiger charge is -2.33. The number of benzene rings is 1. The zero-order valence-corrected chi connectivity index (χ0v) is 12.7. The Labute approximate surface area is 122 Å². The second-order valence-electron chi connectivity index (χ2n) is 4.88. The van der Waals surface area contributed by atoms with Crippen LogP contribution in [-0.4, -0.2) is 26.0 Å². The van der Waals surface area contributed by atoms with Crippen molar-refractivity contribution in [3.8, 4) is 0 Å². The van der Waals surface area contributed by atoms with E-state index in [1.165, 1.54) is 0 Å². The first-order chi connectivity index (χ1) is 9.15. The molecule has 1 aliphatic heterocycles. The molecule has 1 aromatic carbocycles. The molecular weight excluding hydrogens is 306 g/mol. The fraction of sp³-hybridized carbons (Fsp3) is 0.500. The molecule has 1 amide bonds. The molecule has 0 saturated carbocycles. The molecule has 1 unspecified atom stereocenters. The number of hydrogen-bond acceptors (Lipinski definition) is 3. The van der Waals surface area contributed by atoms with E-state index in [1.54, 1.807) is 7.05 Å². The molecule has 1 aliphatic rings. The Bertz CT molecular complexity index is 464. The summed E-state index contributed by atoms with van der Waals surface area (Å²) < 4.78 is 1.04. The second-order valence-corrected chi connectivity index (χ2v) is 5.73. The quantitative estimate of drug-likeness (QED) is 0.892. The molecule has 0 aliphatic carbocycles. The van der Waals surface area contributed by atoms with E-state index in [2.05, 4.69) is 38.3 Å². The molecule has 5 heteroatoms. The molecular formula is C14H20BrN3O. The molecule has 1 heterocycles. The van der Waals surface area contributed by atoms with Crippen LogP contribution in [-0.2, 0) is 11.3 Å². The van der Waals surface area contributed by atoms with Gasteiger partial charge in [-0.2, -0.15) is 0 Å². The molecule has 1 aromatic rings. The van der Waals surface area contributed by atoms with Crippen molar-refractivity contribution in [1.29, 1.82) is 0 Å². The van der Waals surface area contributed by atoms with Crippen LogP contribution in [0.1, 0.15) is 18.4 Å². The number of halogens is 1. The average molecular weight is 326 g/mol. The molecule has 104 valence electrons. The van der Waals surface area contributed by atoms with Crippen molar-refractivity contribution in [2.45, 2.75) is 19.4 Å². The second kappa shape index (κ2) is 6.39. The van der Waals surface area contributed by atoms with Crippen molar-refractivity contribution in [3.63, 3.8) is 0 Å². The summed E-state index contributed by atoms with van der Waals surface area (Å²) in [6, 6.07) is 6.22. The molecule has 1 fully saturated rings. The number of amides is 1.